The number of para-hydroxylation sites is 1. The van der Waals surface area contributed by atoms with E-state index in [1.54, 1.807) is 31.4 Å². The zero-order valence-corrected chi connectivity index (χ0v) is 42.2. The lowest BCUT2D eigenvalue weighted by molar-refractivity contribution is -0.191. The Morgan fingerprint density at radius 2 is 1.67 bits per heavy atom. The number of aliphatic carboxylic acids is 1. The van der Waals surface area contributed by atoms with Crippen LogP contribution in [-0.4, -0.2) is 145 Å². The van der Waals surface area contributed by atoms with Crippen LogP contribution in [0.25, 0.3) is 22.3 Å². The first-order valence-corrected chi connectivity index (χ1v) is 25.2. The Morgan fingerprint density at radius 3 is 2.36 bits per heavy atom. The van der Waals surface area contributed by atoms with Crippen molar-refractivity contribution in [2.24, 2.45) is 17.4 Å². The van der Waals surface area contributed by atoms with Gasteiger partial charge in [0.15, 0.2) is 0 Å². The van der Waals surface area contributed by atoms with Gasteiger partial charge in [-0.2, -0.15) is 0 Å². The molecule has 0 saturated carbocycles. The highest BCUT2D eigenvalue weighted by Gasteiger charge is 2.52. The van der Waals surface area contributed by atoms with E-state index in [0.29, 0.717) is 43.7 Å². The summed E-state index contributed by atoms with van der Waals surface area (Å²) in [6.45, 7) is 8.94. The second kappa shape index (κ2) is 26.1. The molecule has 0 spiro atoms. The number of aromatic nitrogens is 2. The van der Waals surface area contributed by atoms with E-state index in [0.717, 1.165) is 34.9 Å². The van der Waals surface area contributed by atoms with Crippen LogP contribution in [0.1, 0.15) is 101 Å². The van der Waals surface area contributed by atoms with Crippen molar-refractivity contribution in [3.05, 3.63) is 62.9 Å². The van der Waals surface area contributed by atoms with Gasteiger partial charge in [0.1, 0.15) is 24.7 Å². The summed E-state index contributed by atoms with van der Waals surface area (Å²) in [6.07, 6.45) is 2.31. The molecule has 3 aliphatic rings. The fraction of sp³-hybridized carbons (Fsp3) is 0.588. The van der Waals surface area contributed by atoms with Gasteiger partial charge in [0, 0.05) is 36.0 Å². The normalized spacial score (nSPS) is 18.0. The van der Waals surface area contributed by atoms with E-state index in [9.17, 15) is 43.5 Å². The Bertz CT molecular complexity index is 2570. The first kappa shape index (κ1) is 56.0. The topological polar surface area (TPSA) is 312 Å². The molecule has 6 rings (SSSR count). The van der Waals surface area contributed by atoms with Crippen molar-refractivity contribution in [2.45, 2.75) is 128 Å². The Kier molecular flexibility index (Phi) is 20.0. The lowest BCUT2D eigenvalue weighted by atomic mass is 9.85. The molecule has 3 aliphatic heterocycles. The van der Waals surface area contributed by atoms with E-state index < -0.39 is 83.3 Å². The number of ether oxygens (including phenoxy) is 5. The molecule has 22 heteroatoms. The smallest absolute Gasteiger partial charge is 0.355 e. The van der Waals surface area contributed by atoms with Crippen LogP contribution >= 0.6 is 0 Å². The van der Waals surface area contributed by atoms with Crippen molar-refractivity contribution < 1.29 is 62.4 Å². The minimum absolute atomic E-state index is 0.0562. The maximum atomic E-state index is 14.3. The zero-order chi connectivity index (χ0) is 52.8. The van der Waals surface area contributed by atoms with E-state index in [2.05, 4.69) is 16.0 Å². The summed E-state index contributed by atoms with van der Waals surface area (Å²) in [5.74, 6) is -6.23. The maximum absolute atomic E-state index is 14.3. The number of hydrogen-bond acceptors (Lipinski definition) is 16. The number of carboxylic acids is 1. The first-order chi connectivity index (χ1) is 35.1. The van der Waals surface area contributed by atoms with E-state index >= 15 is 0 Å². The van der Waals surface area contributed by atoms with Crippen molar-refractivity contribution in [1.29, 1.82) is 0 Å². The van der Waals surface area contributed by atoms with Crippen molar-refractivity contribution in [3.63, 3.8) is 0 Å². The highest BCUT2D eigenvalue weighted by atomic mass is 16.6. The van der Waals surface area contributed by atoms with Crippen molar-refractivity contribution in [3.8, 4) is 11.4 Å². The molecule has 73 heavy (non-hydrogen) atoms. The summed E-state index contributed by atoms with van der Waals surface area (Å²) < 4.78 is 29.7. The summed E-state index contributed by atoms with van der Waals surface area (Å²) in [4.78, 5) is 114. The molecule has 398 valence electrons. The third kappa shape index (κ3) is 13.3. The molecule has 1 saturated heterocycles. The molecule has 2 aromatic heterocycles. The summed E-state index contributed by atoms with van der Waals surface area (Å²) in [5.41, 5.74) is 13.0. The molecule has 1 fully saturated rings. The number of fused-ring (bicyclic) bond motifs is 5. The number of nitrogens with one attached hydrogen (secondary N) is 3. The number of nitrogens with two attached hydrogens (primary N) is 2. The van der Waals surface area contributed by atoms with Crippen LogP contribution in [0.5, 0.6) is 0 Å². The molecule has 1 aromatic carbocycles. The largest absolute Gasteiger partial charge is 0.481 e. The zero-order valence-electron chi connectivity index (χ0n) is 42.2. The highest BCUT2D eigenvalue weighted by Crippen LogP contribution is 2.42. The monoisotopic (exact) mass is 1020 g/mol. The molecular formula is C51H70N8O14. The summed E-state index contributed by atoms with van der Waals surface area (Å²) in [7, 11) is 0. The second-order valence-corrected chi connectivity index (χ2v) is 18.7. The average Bonchev–Trinajstić information content (AvgIpc) is 4.01. The molecule has 22 nitrogen and oxygen atoms in total. The number of aryl methyl sites for hydroxylation is 1. The number of cyclic esters (lactones) is 1. The van der Waals surface area contributed by atoms with Crippen LogP contribution < -0.4 is 33.0 Å². The molecular weight excluding hydrogens is 949 g/mol. The van der Waals surface area contributed by atoms with Gasteiger partial charge < -0.3 is 65.7 Å². The number of carbonyl (C=O) groups excluding carboxylic acids is 6. The van der Waals surface area contributed by atoms with Gasteiger partial charge in [-0.3, -0.25) is 28.8 Å². The molecule has 0 aliphatic carbocycles. The van der Waals surface area contributed by atoms with Gasteiger partial charge in [-0.15, -0.1) is 0 Å². The SMILES string of the molecule is CCc1c2c(nc3ccccc13)-c1cc3c(c(=O)n1C2)COC(=O)[C@@]3(CC)OC(=O)[C@@H](NC(=O)[C@@H]1CCCN1C(=O)[C@H](CC(=O)O)NC(=O)CCOCCOCCOCCNC(=O)[C@@H](N)CCCCN)C(C)C. The van der Waals surface area contributed by atoms with Gasteiger partial charge in [-0.1, -0.05) is 52.3 Å². The number of unbranched alkanes of at least 4 members (excludes halogenated alkanes) is 1. The number of benzene rings is 1. The van der Waals surface area contributed by atoms with Crippen LogP contribution in [0.15, 0.2) is 35.1 Å². The standard InChI is InChI=1S/C51H70N8O14/c1-5-31-32-12-7-8-14-37(32)56-44-33(31)28-59-40(44)26-35-34(47(59)65)29-72-50(68)51(35,6-2)73-49(67)43(30(3)4)57-46(64)39-15-11-19-58(39)48(66)38(27-42(61)62)55-41(60)16-20-69-22-24-71-25-23-70-21-18-54-45(63)36(53)13-9-10-17-52/h7-8,12,14,26,30,36,38-39,43H,5-6,9-11,13,15-25,27-29,52-53H2,1-4H3,(H,54,63)(H,55,60)(H,57,64)(H,61,62)/t36-,38-,39-,43-,51-/m0/s1. The lowest BCUT2D eigenvalue weighted by Crippen LogP contribution is -2.57. The maximum Gasteiger partial charge on any atom is 0.355 e. The molecule has 0 radical (unpaired) electrons. The van der Waals surface area contributed by atoms with Crippen molar-refractivity contribution in [2.75, 3.05) is 59.3 Å². The Labute approximate surface area is 423 Å². The third-order valence-corrected chi connectivity index (χ3v) is 13.4. The number of likely N-dealkylation sites (tertiary alicyclic amines) is 1. The predicted molar refractivity (Wildman–Crippen MR) is 264 cm³/mol. The van der Waals surface area contributed by atoms with E-state index in [1.807, 2.05) is 31.2 Å². The number of rotatable bonds is 28. The number of carboxylic acid groups (broad SMARTS) is 1. The van der Waals surface area contributed by atoms with E-state index in [1.165, 1.54) is 4.90 Å². The van der Waals surface area contributed by atoms with Crippen LogP contribution in [0.4, 0.5) is 0 Å². The number of carbonyl (C=O) groups is 7. The number of nitrogens with zero attached hydrogens (tertiary/aromatic N) is 3. The van der Waals surface area contributed by atoms with Gasteiger partial charge in [0.25, 0.3) is 5.56 Å². The van der Waals surface area contributed by atoms with Crippen LogP contribution in [0.2, 0.25) is 0 Å². The Morgan fingerprint density at radius 1 is 0.959 bits per heavy atom. The third-order valence-electron chi connectivity index (χ3n) is 13.4. The number of amides is 4. The minimum Gasteiger partial charge on any atom is -0.481 e. The highest BCUT2D eigenvalue weighted by molar-refractivity contribution is 5.96. The second-order valence-electron chi connectivity index (χ2n) is 18.7. The van der Waals surface area contributed by atoms with E-state index in [-0.39, 0.29) is 95.6 Å². The predicted octanol–water partition coefficient (Wildman–Crippen LogP) is 1.30. The molecule has 3 aromatic rings. The van der Waals surface area contributed by atoms with Gasteiger partial charge in [0.05, 0.1) is 81.1 Å². The van der Waals surface area contributed by atoms with Gasteiger partial charge in [-0.05, 0) is 68.7 Å². The number of esters is 2. The van der Waals surface area contributed by atoms with Gasteiger partial charge in [0.2, 0.25) is 29.2 Å². The molecule has 5 atom stereocenters. The van der Waals surface area contributed by atoms with Gasteiger partial charge in [-0.25, -0.2) is 14.6 Å². The lowest BCUT2D eigenvalue weighted by Gasteiger charge is -2.37. The van der Waals surface area contributed by atoms with Crippen LogP contribution in [0, 0.1) is 5.92 Å². The van der Waals surface area contributed by atoms with Crippen molar-refractivity contribution >= 4 is 52.4 Å². The number of hydrogen-bond donors (Lipinski definition) is 6. The summed E-state index contributed by atoms with van der Waals surface area (Å²) in [6, 6.07) is 4.81. The average molecular weight is 1020 g/mol. The first-order valence-electron chi connectivity index (χ1n) is 25.2. The fourth-order valence-electron chi connectivity index (χ4n) is 9.52. The molecule has 4 amide bonds. The van der Waals surface area contributed by atoms with E-state index in [4.69, 9.17) is 40.1 Å². The fourth-order valence-corrected chi connectivity index (χ4v) is 9.52. The van der Waals surface area contributed by atoms with Crippen LogP contribution in [-0.2, 0) is 82.4 Å². The molecule has 5 heterocycles. The van der Waals surface area contributed by atoms with Crippen LogP contribution in [0.3, 0.4) is 0 Å². The molecule has 0 unspecified atom stereocenters. The van der Waals surface area contributed by atoms with Crippen molar-refractivity contribution in [1.82, 2.24) is 30.4 Å². The quantitative estimate of drug-likeness (QED) is 0.0345. The summed E-state index contributed by atoms with van der Waals surface area (Å²) >= 11 is 0. The van der Waals surface area contributed by atoms with Gasteiger partial charge >= 0.3 is 17.9 Å². The number of pyridine rings is 2. The molecule has 0 bridgehead atoms. The Hall–Kier alpha value is -6.33. The Balaban J connectivity index is 1.02. The minimum atomic E-state index is -2.06. The summed E-state index contributed by atoms with van der Waals surface area (Å²) in [5, 5.41) is 18.6. The molecule has 8 N–H and O–H groups in total.